The lowest BCUT2D eigenvalue weighted by molar-refractivity contribution is -0.137. The average molecular weight is 337 g/mol. The molecule has 2 amide bonds. The molecule has 1 aliphatic heterocycles. The summed E-state index contributed by atoms with van der Waals surface area (Å²) < 4.78 is 0. The van der Waals surface area contributed by atoms with Crippen LogP contribution in [0.1, 0.15) is 43.8 Å². The summed E-state index contributed by atoms with van der Waals surface area (Å²) in [6, 6.07) is 3.20. The largest absolute Gasteiger partial charge is 0.340 e. The number of carbonyl (C=O) groups excluding carboxylic acids is 2. The first-order valence-corrected chi connectivity index (χ1v) is 8.99. The molecule has 23 heavy (non-hydrogen) atoms. The van der Waals surface area contributed by atoms with Gasteiger partial charge in [0, 0.05) is 19.1 Å². The van der Waals surface area contributed by atoms with E-state index in [0.717, 1.165) is 6.42 Å². The van der Waals surface area contributed by atoms with Crippen LogP contribution in [0.5, 0.6) is 0 Å². The number of nitrogens with two attached hydrogens (primary N) is 1. The lowest BCUT2D eigenvalue weighted by Gasteiger charge is -2.44. The number of carbonyl (C=O) groups is 2. The van der Waals surface area contributed by atoms with Crippen molar-refractivity contribution >= 4 is 23.2 Å². The van der Waals surface area contributed by atoms with E-state index >= 15 is 0 Å². The van der Waals surface area contributed by atoms with Gasteiger partial charge in [-0.1, -0.05) is 33.8 Å². The van der Waals surface area contributed by atoms with Gasteiger partial charge in [-0.2, -0.15) is 0 Å². The van der Waals surface area contributed by atoms with E-state index in [1.807, 2.05) is 30.2 Å². The van der Waals surface area contributed by atoms with Gasteiger partial charge in [-0.25, -0.2) is 0 Å². The molecule has 1 aromatic rings. The van der Waals surface area contributed by atoms with E-state index in [2.05, 4.69) is 19.2 Å². The number of hydrogen-bond acceptors (Lipinski definition) is 4. The van der Waals surface area contributed by atoms with Crippen molar-refractivity contribution in [3.8, 4) is 0 Å². The van der Waals surface area contributed by atoms with E-state index < -0.39 is 6.04 Å². The Bertz CT molecular complexity index is 554. The molecule has 0 radical (unpaired) electrons. The molecular weight excluding hydrogens is 310 g/mol. The Morgan fingerprint density at radius 2 is 2.13 bits per heavy atom. The van der Waals surface area contributed by atoms with Crippen LogP contribution in [0.15, 0.2) is 17.5 Å². The van der Waals surface area contributed by atoms with Crippen LogP contribution in [0.3, 0.4) is 0 Å². The Labute approximate surface area is 142 Å². The summed E-state index contributed by atoms with van der Waals surface area (Å²) in [7, 11) is 0. The third-order valence-corrected chi connectivity index (χ3v) is 5.46. The topological polar surface area (TPSA) is 75.4 Å². The van der Waals surface area contributed by atoms with Gasteiger partial charge in [0.1, 0.15) is 6.04 Å². The van der Waals surface area contributed by atoms with Crippen molar-refractivity contribution in [1.29, 1.82) is 0 Å². The number of hydrogen-bond donors (Lipinski definition) is 2. The molecule has 1 saturated heterocycles. The summed E-state index contributed by atoms with van der Waals surface area (Å²) in [6.07, 6.45) is 0.794. The number of nitrogens with one attached hydrogen (secondary N) is 1. The normalized spacial score (nSPS) is 22.0. The summed E-state index contributed by atoms with van der Waals surface area (Å²) in [6.45, 7) is 9.38. The second-order valence-electron chi connectivity index (χ2n) is 7.32. The van der Waals surface area contributed by atoms with Crippen LogP contribution in [0, 0.1) is 11.3 Å². The highest BCUT2D eigenvalue weighted by atomic mass is 32.1. The molecule has 0 saturated carbocycles. The number of rotatable bonds is 4. The van der Waals surface area contributed by atoms with Crippen molar-refractivity contribution in [1.82, 2.24) is 10.2 Å². The highest BCUT2D eigenvalue weighted by Crippen LogP contribution is 2.28. The van der Waals surface area contributed by atoms with E-state index in [1.54, 1.807) is 6.07 Å². The highest BCUT2D eigenvalue weighted by molar-refractivity contribution is 7.12. The van der Waals surface area contributed by atoms with Crippen molar-refractivity contribution in [3.63, 3.8) is 0 Å². The average Bonchev–Trinajstić information content (AvgIpc) is 3.00. The monoisotopic (exact) mass is 337 g/mol. The van der Waals surface area contributed by atoms with Crippen LogP contribution >= 0.6 is 11.3 Å². The Hall–Kier alpha value is -1.40. The summed E-state index contributed by atoms with van der Waals surface area (Å²) >= 11 is 1.38. The molecule has 0 spiro atoms. The summed E-state index contributed by atoms with van der Waals surface area (Å²) in [5.74, 6) is -0.157. The minimum absolute atomic E-state index is 0.00937. The molecule has 6 heteroatoms. The zero-order valence-electron chi connectivity index (χ0n) is 14.3. The predicted molar refractivity (Wildman–Crippen MR) is 93.4 cm³/mol. The molecule has 0 aliphatic carbocycles. The lowest BCUT2D eigenvalue weighted by atomic mass is 9.79. The van der Waals surface area contributed by atoms with Crippen LogP contribution in [0.4, 0.5) is 0 Å². The molecule has 0 aromatic carbocycles. The summed E-state index contributed by atoms with van der Waals surface area (Å²) in [5.41, 5.74) is 6.05. The summed E-state index contributed by atoms with van der Waals surface area (Å²) in [5, 5.41) is 4.76. The minimum atomic E-state index is -0.505. The zero-order valence-corrected chi connectivity index (χ0v) is 15.2. The molecule has 5 nitrogen and oxygen atoms in total. The van der Waals surface area contributed by atoms with Gasteiger partial charge in [-0.3, -0.25) is 9.59 Å². The highest BCUT2D eigenvalue weighted by Gasteiger charge is 2.38. The molecule has 2 atom stereocenters. The number of piperidine rings is 1. The molecule has 1 aliphatic rings. The van der Waals surface area contributed by atoms with E-state index in [4.69, 9.17) is 5.73 Å². The van der Waals surface area contributed by atoms with Gasteiger partial charge < -0.3 is 16.0 Å². The number of amides is 2. The molecular formula is C17H27N3O2S. The van der Waals surface area contributed by atoms with Gasteiger partial charge in [0.2, 0.25) is 5.91 Å². The van der Waals surface area contributed by atoms with Crippen LogP contribution in [-0.2, 0) is 4.79 Å². The van der Waals surface area contributed by atoms with Crippen molar-refractivity contribution in [2.24, 2.45) is 17.1 Å². The molecule has 3 N–H and O–H groups in total. The molecule has 2 heterocycles. The first-order valence-electron chi connectivity index (χ1n) is 8.11. The van der Waals surface area contributed by atoms with Crippen molar-refractivity contribution < 1.29 is 9.59 Å². The first kappa shape index (κ1) is 17.9. The lowest BCUT2D eigenvalue weighted by Crippen LogP contribution is -2.58. The van der Waals surface area contributed by atoms with Crippen molar-refractivity contribution in [2.75, 3.05) is 13.1 Å². The van der Waals surface area contributed by atoms with Gasteiger partial charge >= 0.3 is 0 Å². The Balaban J connectivity index is 2.08. The molecule has 2 unspecified atom stereocenters. The first-order chi connectivity index (χ1) is 10.7. The maximum Gasteiger partial charge on any atom is 0.262 e. The van der Waals surface area contributed by atoms with E-state index in [-0.39, 0.29) is 29.2 Å². The van der Waals surface area contributed by atoms with Crippen LogP contribution in [0.25, 0.3) is 0 Å². The molecule has 128 valence electrons. The molecule has 0 bridgehead atoms. The Morgan fingerprint density at radius 3 is 2.65 bits per heavy atom. The maximum atomic E-state index is 12.9. The molecule has 2 rings (SSSR count). The minimum Gasteiger partial charge on any atom is -0.340 e. The third-order valence-electron chi connectivity index (χ3n) is 4.59. The number of thiophene rings is 1. The van der Waals surface area contributed by atoms with E-state index in [1.165, 1.54) is 11.3 Å². The van der Waals surface area contributed by atoms with Gasteiger partial charge in [0.15, 0.2) is 0 Å². The fourth-order valence-electron chi connectivity index (χ4n) is 2.89. The van der Waals surface area contributed by atoms with Gasteiger partial charge in [0.25, 0.3) is 5.91 Å². The second-order valence-corrected chi connectivity index (χ2v) is 8.26. The Kier molecular flexibility index (Phi) is 5.47. The standard InChI is InChI=1S/C17H27N3O2S/c1-11(2)14(19-15(21)12-6-5-9-23-12)16(22)20-8-7-13(18)17(3,4)10-20/h5-6,9,11,13-14H,7-8,10,18H2,1-4H3,(H,19,21). The second kappa shape index (κ2) is 7.01. The number of nitrogens with zero attached hydrogens (tertiary/aromatic N) is 1. The fraction of sp³-hybridized carbons (Fsp3) is 0.647. The van der Waals surface area contributed by atoms with Gasteiger partial charge in [0.05, 0.1) is 4.88 Å². The zero-order chi connectivity index (χ0) is 17.2. The van der Waals surface area contributed by atoms with Crippen molar-refractivity contribution in [2.45, 2.75) is 46.2 Å². The van der Waals surface area contributed by atoms with Crippen LogP contribution in [-0.4, -0.2) is 41.9 Å². The smallest absolute Gasteiger partial charge is 0.262 e. The van der Waals surface area contributed by atoms with Crippen LogP contribution in [0.2, 0.25) is 0 Å². The van der Waals surface area contributed by atoms with Gasteiger partial charge in [-0.05, 0) is 29.2 Å². The maximum absolute atomic E-state index is 12.9. The quantitative estimate of drug-likeness (QED) is 0.883. The van der Waals surface area contributed by atoms with Crippen LogP contribution < -0.4 is 11.1 Å². The SMILES string of the molecule is CC(C)C(NC(=O)c1cccs1)C(=O)N1CCC(N)C(C)(C)C1. The fourth-order valence-corrected chi connectivity index (χ4v) is 3.52. The van der Waals surface area contributed by atoms with E-state index in [0.29, 0.717) is 18.0 Å². The van der Waals surface area contributed by atoms with Crippen molar-refractivity contribution in [3.05, 3.63) is 22.4 Å². The molecule has 1 aromatic heterocycles. The Morgan fingerprint density at radius 1 is 1.43 bits per heavy atom. The van der Waals surface area contributed by atoms with Gasteiger partial charge in [-0.15, -0.1) is 11.3 Å². The van der Waals surface area contributed by atoms with E-state index in [9.17, 15) is 9.59 Å². The molecule has 1 fully saturated rings. The summed E-state index contributed by atoms with van der Waals surface area (Å²) in [4.78, 5) is 27.7. The predicted octanol–water partition coefficient (Wildman–Crippen LogP) is 2.09. The number of likely N-dealkylation sites (tertiary alicyclic amines) is 1. The third kappa shape index (κ3) is 4.12.